The molecule has 4 rings (SSSR count). The first kappa shape index (κ1) is 27.6. The zero-order valence-electron chi connectivity index (χ0n) is 23.6. The summed E-state index contributed by atoms with van der Waals surface area (Å²) in [5.74, 6) is 0. The van der Waals surface area contributed by atoms with Crippen LogP contribution in [-0.2, 0) is 11.8 Å². The Morgan fingerprint density at radius 2 is 1.05 bits per heavy atom. The van der Waals surface area contributed by atoms with E-state index in [-0.39, 0.29) is 5.41 Å². The third kappa shape index (κ3) is 7.34. The van der Waals surface area contributed by atoms with E-state index in [1.165, 1.54) is 113 Å². The van der Waals surface area contributed by atoms with Crippen molar-refractivity contribution in [2.45, 2.75) is 122 Å². The lowest BCUT2D eigenvalue weighted by molar-refractivity contribution is 0.397. The molecule has 0 saturated carbocycles. The summed E-state index contributed by atoms with van der Waals surface area (Å²) in [5.41, 5.74) is 8.81. The highest BCUT2D eigenvalue weighted by Crippen LogP contribution is 2.54. The smallest absolute Gasteiger partial charge is 0.0406 e. The summed E-state index contributed by atoms with van der Waals surface area (Å²) in [6, 6.07) is 25.0. The molecule has 1 heteroatoms. The standard InChI is InChI=1S/C36H49N/c1-3-4-5-6-11-18-28-36(34-26-16-14-24-32(34)33-25-15-17-27-35(33)36)29-19-12-9-7-8-10-13-22-31-23-20-21-30(2)37-31/h14-17,20-21,23-27H,3-13,18-19,22,28-29H2,1-2H3. The topological polar surface area (TPSA) is 12.9 Å². The second-order valence-electron chi connectivity index (χ2n) is 11.4. The summed E-state index contributed by atoms with van der Waals surface area (Å²) >= 11 is 0. The van der Waals surface area contributed by atoms with Crippen LogP contribution in [0.25, 0.3) is 11.1 Å². The summed E-state index contributed by atoms with van der Waals surface area (Å²) in [7, 11) is 0. The summed E-state index contributed by atoms with van der Waals surface area (Å²) in [6.07, 6.45) is 21.4. The van der Waals surface area contributed by atoms with Crippen molar-refractivity contribution in [3.63, 3.8) is 0 Å². The molecule has 0 amide bonds. The molecule has 1 aromatic heterocycles. The quantitative estimate of drug-likeness (QED) is 0.170. The van der Waals surface area contributed by atoms with Crippen molar-refractivity contribution in [1.82, 2.24) is 4.98 Å². The highest BCUT2D eigenvalue weighted by atomic mass is 14.7. The molecule has 1 aliphatic carbocycles. The second kappa shape index (κ2) is 14.5. The highest BCUT2D eigenvalue weighted by Gasteiger charge is 2.41. The summed E-state index contributed by atoms with van der Waals surface area (Å²) in [5, 5.41) is 0. The van der Waals surface area contributed by atoms with Crippen molar-refractivity contribution in [2.24, 2.45) is 0 Å². The number of rotatable bonds is 17. The maximum absolute atomic E-state index is 4.65. The van der Waals surface area contributed by atoms with E-state index in [1.54, 1.807) is 11.1 Å². The van der Waals surface area contributed by atoms with Gasteiger partial charge in [0.05, 0.1) is 0 Å². The van der Waals surface area contributed by atoms with Crippen molar-refractivity contribution in [1.29, 1.82) is 0 Å². The normalized spacial score (nSPS) is 13.5. The molecule has 0 N–H and O–H groups in total. The molecular weight excluding hydrogens is 446 g/mol. The fourth-order valence-electron chi connectivity index (χ4n) is 6.64. The molecule has 0 saturated heterocycles. The maximum Gasteiger partial charge on any atom is 0.0406 e. The molecule has 0 unspecified atom stereocenters. The largest absolute Gasteiger partial charge is 0.258 e. The molecule has 0 atom stereocenters. The summed E-state index contributed by atoms with van der Waals surface area (Å²) in [4.78, 5) is 4.65. The monoisotopic (exact) mass is 495 g/mol. The van der Waals surface area contributed by atoms with Crippen LogP contribution in [0.4, 0.5) is 0 Å². The van der Waals surface area contributed by atoms with E-state index in [0.717, 1.165) is 12.1 Å². The zero-order chi connectivity index (χ0) is 25.8. The van der Waals surface area contributed by atoms with Gasteiger partial charge in [-0.15, -0.1) is 0 Å². The van der Waals surface area contributed by atoms with Crippen LogP contribution in [0.3, 0.4) is 0 Å². The minimum absolute atomic E-state index is 0.221. The molecule has 0 radical (unpaired) electrons. The molecule has 1 nitrogen and oxygen atoms in total. The minimum Gasteiger partial charge on any atom is -0.258 e. The molecule has 0 bridgehead atoms. The fraction of sp³-hybridized carbons (Fsp3) is 0.528. The van der Waals surface area contributed by atoms with Gasteiger partial charge in [-0.1, -0.05) is 139 Å². The van der Waals surface area contributed by atoms with Crippen LogP contribution in [0, 0.1) is 6.92 Å². The van der Waals surface area contributed by atoms with E-state index in [2.05, 4.69) is 85.6 Å². The van der Waals surface area contributed by atoms with Crippen molar-refractivity contribution < 1.29 is 0 Å². The molecule has 2 aromatic carbocycles. The Kier molecular flexibility index (Phi) is 10.8. The van der Waals surface area contributed by atoms with Crippen LogP contribution in [0.15, 0.2) is 66.7 Å². The number of pyridine rings is 1. The molecule has 1 aliphatic rings. The Labute approximate surface area is 227 Å². The number of aromatic nitrogens is 1. The number of hydrogen-bond donors (Lipinski definition) is 0. The Morgan fingerprint density at radius 3 is 1.62 bits per heavy atom. The van der Waals surface area contributed by atoms with Gasteiger partial charge in [-0.05, 0) is 67.0 Å². The summed E-state index contributed by atoms with van der Waals surface area (Å²) < 4.78 is 0. The fourth-order valence-corrected chi connectivity index (χ4v) is 6.64. The lowest BCUT2D eigenvalue weighted by atomic mass is 9.70. The van der Waals surface area contributed by atoms with Crippen molar-refractivity contribution in [2.75, 3.05) is 0 Å². The number of hydrogen-bond acceptors (Lipinski definition) is 1. The van der Waals surface area contributed by atoms with Gasteiger partial charge in [-0.2, -0.15) is 0 Å². The van der Waals surface area contributed by atoms with E-state index in [4.69, 9.17) is 0 Å². The molecule has 198 valence electrons. The van der Waals surface area contributed by atoms with Crippen LogP contribution in [0.2, 0.25) is 0 Å². The van der Waals surface area contributed by atoms with Gasteiger partial charge >= 0.3 is 0 Å². The number of benzene rings is 2. The third-order valence-corrected chi connectivity index (χ3v) is 8.62. The molecule has 3 aromatic rings. The molecule has 0 aliphatic heterocycles. The predicted molar refractivity (Wildman–Crippen MR) is 160 cm³/mol. The Bertz CT molecular complexity index is 1040. The van der Waals surface area contributed by atoms with Crippen molar-refractivity contribution in [3.8, 4) is 11.1 Å². The van der Waals surface area contributed by atoms with Gasteiger partial charge in [0, 0.05) is 16.8 Å². The molecule has 0 fully saturated rings. The van der Waals surface area contributed by atoms with E-state index < -0.39 is 0 Å². The number of unbranched alkanes of at least 4 members (excludes halogenated alkanes) is 11. The first-order chi connectivity index (χ1) is 18.2. The average Bonchev–Trinajstić information content (AvgIpc) is 3.20. The highest BCUT2D eigenvalue weighted by molar-refractivity contribution is 5.80. The van der Waals surface area contributed by atoms with Crippen LogP contribution >= 0.6 is 0 Å². The third-order valence-electron chi connectivity index (χ3n) is 8.62. The van der Waals surface area contributed by atoms with Gasteiger partial charge in [0.25, 0.3) is 0 Å². The molecular formula is C36H49N. The average molecular weight is 496 g/mol. The SMILES string of the molecule is CCCCCCCCC1(CCCCCCCCCc2cccc(C)n2)c2ccccc2-c2ccccc21. The first-order valence-electron chi connectivity index (χ1n) is 15.4. The van der Waals surface area contributed by atoms with E-state index in [1.807, 2.05) is 0 Å². The van der Waals surface area contributed by atoms with Gasteiger partial charge in [0.1, 0.15) is 0 Å². The van der Waals surface area contributed by atoms with Crippen molar-refractivity contribution in [3.05, 3.63) is 89.2 Å². The lowest BCUT2D eigenvalue weighted by Gasteiger charge is -2.33. The molecule has 1 heterocycles. The summed E-state index contributed by atoms with van der Waals surface area (Å²) in [6.45, 7) is 4.40. The van der Waals surface area contributed by atoms with Gasteiger partial charge in [-0.3, -0.25) is 4.98 Å². The van der Waals surface area contributed by atoms with Crippen LogP contribution in [0.1, 0.15) is 126 Å². The van der Waals surface area contributed by atoms with Crippen LogP contribution in [0.5, 0.6) is 0 Å². The molecule has 0 spiro atoms. The number of aryl methyl sites for hydroxylation is 2. The van der Waals surface area contributed by atoms with Crippen molar-refractivity contribution >= 4 is 0 Å². The maximum atomic E-state index is 4.65. The lowest BCUT2D eigenvalue weighted by Crippen LogP contribution is -2.25. The van der Waals surface area contributed by atoms with Gasteiger partial charge < -0.3 is 0 Å². The predicted octanol–water partition coefficient (Wildman–Crippen LogP) is 10.8. The van der Waals surface area contributed by atoms with Gasteiger partial charge in [-0.25, -0.2) is 0 Å². The molecule has 37 heavy (non-hydrogen) atoms. The zero-order valence-corrected chi connectivity index (χ0v) is 23.6. The van der Waals surface area contributed by atoms with Crippen LogP contribution in [-0.4, -0.2) is 4.98 Å². The minimum atomic E-state index is 0.221. The van der Waals surface area contributed by atoms with Gasteiger partial charge in [0.2, 0.25) is 0 Å². The van der Waals surface area contributed by atoms with Crippen LogP contribution < -0.4 is 0 Å². The van der Waals surface area contributed by atoms with E-state index >= 15 is 0 Å². The van der Waals surface area contributed by atoms with E-state index in [0.29, 0.717) is 0 Å². The number of nitrogens with zero attached hydrogens (tertiary/aromatic N) is 1. The Morgan fingerprint density at radius 1 is 0.541 bits per heavy atom. The second-order valence-corrected chi connectivity index (χ2v) is 11.4. The number of fused-ring (bicyclic) bond motifs is 3. The van der Waals surface area contributed by atoms with Gasteiger partial charge in [0.15, 0.2) is 0 Å². The Hall–Kier alpha value is -2.41. The first-order valence-corrected chi connectivity index (χ1v) is 15.4. The van der Waals surface area contributed by atoms with E-state index in [9.17, 15) is 0 Å². The Balaban J connectivity index is 1.28.